The summed E-state index contributed by atoms with van der Waals surface area (Å²) in [6.07, 6.45) is 6.95. The Kier molecular flexibility index (Phi) is 10.3. The van der Waals surface area contributed by atoms with E-state index in [2.05, 4.69) is 145 Å². The highest BCUT2D eigenvalue weighted by Crippen LogP contribution is 2.38. The predicted octanol–water partition coefficient (Wildman–Crippen LogP) is 12.3. The first-order chi connectivity index (χ1) is 26.7. The summed E-state index contributed by atoms with van der Waals surface area (Å²) >= 11 is 6.65. The number of hydrogen-bond donors (Lipinski definition) is 2. The largest absolute Gasteiger partial charge is 0.309 e. The first-order valence-electron chi connectivity index (χ1n) is 19.8. The molecule has 0 radical (unpaired) electrons. The van der Waals surface area contributed by atoms with Crippen LogP contribution in [0, 0.1) is 11.8 Å². The number of amides is 2. The number of carbonyl (C=O) groups is 2. The molecule has 2 atom stereocenters. The topological polar surface area (TPSA) is 68.1 Å². The van der Waals surface area contributed by atoms with E-state index >= 15 is 0 Å². The smallest absolute Gasteiger partial charge is 0.269 e. The molecule has 2 amide bonds. The minimum Gasteiger partial charge on any atom is -0.309 e. The van der Waals surface area contributed by atoms with Crippen molar-refractivity contribution in [3.63, 3.8) is 0 Å². The second kappa shape index (κ2) is 15.4. The lowest BCUT2D eigenvalue weighted by Crippen LogP contribution is -2.45. The van der Waals surface area contributed by atoms with Gasteiger partial charge in [0.25, 0.3) is 5.91 Å². The molecule has 1 aliphatic carbocycles. The zero-order chi connectivity index (χ0) is 38.2. The highest BCUT2D eigenvalue weighted by Gasteiger charge is 2.23. The number of hydrogen-bond acceptors (Lipinski definition) is 2. The van der Waals surface area contributed by atoms with E-state index in [9.17, 15) is 9.59 Å². The molecule has 7 heteroatoms. The van der Waals surface area contributed by atoms with Crippen molar-refractivity contribution in [2.24, 2.45) is 11.8 Å². The molecule has 55 heavy (non-hydrogen) atoms. The summed E-state index contributed by atoms with van der Waals surface area (Å²) in [5.74, 6) is 0.0821. The number of carbonyl (C=O) groups excluding carboxylic acids is 2. The molecular weight excluding hydrogens is 700 g/mol. The first kappa shape index (κ1) is 36.6. The Bertz CT molecular complexity index is 2550. The summed E-state index contributed by atoms with van der Waals surface area (Å²) in [4.78, 5) is 27.3. The van der Waals surface area contributed by atoms with Crippen molar-refractivity contribution in [3.8, 4) is 11.4 Å². The van der Waals surface area contributed by atoms with E-state index in [1.54, 1.807) is 0 Å². The van der Waals surface area contributed by atoms with Crippen LogP contribution in [0.3, 0.4) is 0 Å². The Hall–Kier alpha value is -5.33. The zero-order valence-corrected chi connectivity index (χ0v) is 32.9. The average Bonchev–Trinajstić information content (AvgIpc) is 3.74. The van der Waals surface area contributed by atoms with Crippen LogP contribution in [-0.4, -0.2) is 20.9 Å². The van der Waals surface area contributed by atoms with Crippen LogP contribution >= 0.6 is 11.6 Å². The van der Waals surface area contributed by atoms with Crippen molar-refractivity contribution in [2.45, 2.75) is 78.6 Å². The Morgan fingerprint density at radius 1 is 0.655 bits per heavy atom. The van der Waals surface area contributed by atoms with Crippen LogP contribution in [-0.2, 0) is 4.79 Å². The molecular formula is C48H49ClN4O2. The van der Waals surface area contributed by atoms with Crippen LogP contribution in [0.2, 0.25) is 0 Å². The minimum atomic E-state index is -0.354. The molecule has 8 rings (SSSR count). The Balaban J connectivity index is 1.27. The summed E-state index contributed by atoms with van der Waals surface area (Å²) in [6.45, 7) is 8.66. The fraction of sp³-hybridized carbons (Fsp3) is 0.292. The number of allylic oxidation sites excluding steroid dienone is 2. The standard InChI is InChI=1S/C48H49ClN4O2/c1-30(2)46(49)32(4)23-22-31(3)34-24-25-41-40-18-10-13-21-44(40)53(45(41)28-34)37-27-35(48(55)51-50-47(54)33-14-6-5-7-15-33)26-36(29-37)52-42-19-11-8-16-38(42)39-17-9-12-20-43(39)52/h8-13,16-21,24-29,31-33H,5-7,14-15,22-23H2,1-4H3,(H,50,54)(H,51,55). The Morgan fingerprint density at radius 2 is 1.18 bits per heavy atom. The molecule has 0 aliphatic heterocycles. The molecule has 1 saturated carbocycles. The molecule has 0 bridgehead atoms. The molecule has 1 fully saturated rings. The molecule has 280 valence electrons. The van der Waals surface area contributed by atoms with Crippen molar-refractivity contribution in [3.05, 3.63) is 131 Å². The highest BCUT2D eigenvalue weighted by atomic mass is 35.5. The summed E-state index contributed by atoms with van der Waals surface area (Å²) in [6, 6.07) is 38.2. The summed E-state index contributed by atoms with van der Waals surface area (Å²) in [5, 5.41) is 5.54. The van der Waals surface area contributed by atoms with E-state index in [1.165, 1.54) is 11.1 Å². The third-order valence-electron chi connectivity index (χ3n) is 11.7. The second-order valence-corrected chi connectivity index (χ2v) is 16.1. The van der Waals surface area contributed by atoms with Gasteiger partial charge in [0.05, 0.1) is 22.1 Å². The fourth-order valence-electron chi connectivity index (χ4n) is 8.70. The molecule has 7 aromatic rings. The van der Waals surface area contributed by atoms with Gasteiger partial charge in [-0.15, -0.1) is 0 Å². The van der Waals surface area contributed by atoms with Crippen LogP contribution in [0.5, 0.6) is 0 Å². The number of halogens is 1. The normalized spacial score (nSPS) is 14.7. The van der Waals surface area contributed by atoms with E-state index in [4.69, 9.17) is 11.6 Å². The highest BCUT2D eigenvalue weighted by molar-refractivity contribution is 6.30. The number of nitrogens with one attached hydrogen (secondary N) is 2. The van der Waals surface area contributed by atoms with Gasteiger partial charge in [-0.25, -0.2) is 0 Å². The SMILES string of the molecule is CC(C)=C(Cl)C(C)CCC(C)c1ccc2c3ccccc3n(-c3cc(C(=O)NNC(=O)C4CCCCC4)cc(-n4c5ccccc5c5ccccc54)c3)c2c1. The van der Waals surface area contributed by atoms with Gasteiger partial charge in [-0.3, -0.25) is 20.4 Å². The van der Waals surface area contributed by atoms with E-state index in [0.29, 0.717) is 17.4 Å². The summed E-state index contributed by atoms with van der Waals surface area (Å²) < 4.78 is 4.53. The van der Waals surface area contributed by atoms with Gasteiger partial charge in [0.15, 0.2) is 0 Å². The molecule has 1 aliphatic rings. The Morgan fingerprint density at radius 3 is 1.75 bits per heavy atom. The van der Waals surface area contributed by atoms with Gasteiger partial charge in [-0.05, 0) is 99.4 Å². The van der Waals surface area contributed by atoms with Gasteiger partial charge in [0.1, 0.15) is 0 Å². The minimum absolute atomic E-state index is 0.0739. The molecule has 6 nitrogen and oxygen atoms in total. The third kappa shape index (κ3) is 7.04. The maximum Gasteiger partial charge on any atom is 0.269 e. The molecule has 2 unspecified atom stereocenters. The van der Waals surface area contributed by atoms with E-state index < -0.39 is 0 Å². The van der Waals surface area contributed by atoms with Gasteiger partial charge in [-0.2, -0.15) is 0 Å². The molecule has 5 aromatic carbocycles. The number of aromatic nitrogens is 2. The van der Waals surface area contributed by atoms with Crippen molar-refractivity contribution in [1.29, 1.82) is 0 Å². The second-order valence-electron chi connectivity index (χ2n) is 15.7. The summed E-state index contributed by atoms with van der Waals surface area (Å²) in [5.41, 5.74) is 14.4. The number of nitrogens with zero attached hydrogens (tertiary/aromatic N) is 2. The molecule has 0 saturated heterocycles. The molecule has 0 spiro atoms. The van der Waals surface area contributed by atoms with Crippen LogP contribution in [0.25, 0.3) is 55.0 Å². The number of fused-ring (bicyclic) bond motifs is 6. The lowest BCUT2D eigenvalue weighted by molar-refractivity contribution is -0.126. The number of hydrazine groups is 1. The van der Waals surface area contributed by atoms with Crippen LogP contribution in [0.4, 0.5) is 0 Å². The van der Waals surface area contributed by atoms with Crippen LogP contribution in [0.1, 0.15) is 94.5 Å². The number of rotatable bonds is 9. The summed E-state index contributed by atoms with van der Waals surface area (Å²) in [7, 11) is 0. The zero-order valence-electron chi connectivity index (χ0n) is 32.2. The van der Waals surface area contributed by atoms with Crippen molar-refractivity contribution in [2.75, 3.05) is 0 Å². The third-order valence-corrected chi connectivity index (χ3v) is 12.5. The van der Waals surface area contributed by atoms with Gasteiger partial charge < -0.3 is 9.13 Å². The van der Waals surface area contributed by atoms with Crippen molar-refractivity contribution >= 4 is 67.0 Å². The van der Waals surface area contributed by atoms with Crippen molar-refractivity contribution in [1.82, 2.24) is 20.0 Å². The number of para-hydroxylation sites is 3. The Labute approximate surface area is 328 Å². The van der Waals surface area contributed by atoms with Gasteiger partial charge in [-0.1, -0.05) is 117 Å². The average molecular weight is 749 g/mol. The van der Waals surface area contributed by atoms with Gasteiger partial charge in [0.2, 0.25) is 5.91 Å². The fourth-order valence-corrected chi connectivity index (χ4v) is 8.81. The van der Waals surface area contributed by atoms with E-state index in [1.807, 2.05) is 12.1 Å². The molecule has 2 heterocycles. The van der Waals surface area contributed by atoms with Gasteiger partial charge in [0, 0.05) is 49.4 Å². The lowest BCUT2D eigenvalue weighted by atomic mass is 9.89. The molecule has 2 N–H and O–H groups in total. The van der Waals surface area contributed by atoms with Crippen LogP contribution < -0.4 is 10.9 Å². The molecule has 2 aromatic heterocycles. The van der Waals surface area contributed by atoms with Crippen molar-refractivity contribution < 1.29 is 9.59 Å². The van der Waals surface area contributed by atoms with E-state index in [0.717, 1.165) is 105 Å². The monoisotopic (exact) mass is 748 g/mol. The maximum absolute atomic E-state index is 14.1. The predicted molar refractivity (Wildman–Crippen MR) is 228 cm³/mol. The number of benzene rings is 5. The maximum atomic E-state index is 14.1. The van der Waals surface area contributed by atoms with Gasteiger partial charge >= 0.3 is 0 Å². The van der Waals surface area contributed by atoms with Crippen LogP contribution in [0.15, 0.2) is 120 Å². The first-order valence-corrected chi connectivity index (χ1v) is 20.2. The quantitative estimate of drug-likeness (QED) is 0.144. The lowest BCUT2D eigenvalue weighted by Gasteiger charge is -2.21. The van der Waals surface area contributed by atoms with E-state index in [-0.39, 0.29) is 17.7 Å².